The maximum atomic E-state index is 13.2. The second-order valence-corrected chi connectivity index (χ2v) is 6.10. The van der Waals surface area contributed by atoms with Gasteiger partial charge in [0, 0.05) is 13.1 Å². The summed E-state index contributed by atoms with van der Waals surface area (Å²) in [4.78, 5) is 15.0. The number of unbranched alkanes of at least 4 members (excludes halogenated alkanes) is 2. The fourth-order valence-corrected chi connectivity index (χ4v) is 2.84. The average Bonchev–Trinajstić information content (AvgIpc) is 2.67. The highest BCUT2D eigenvalue weighted by atomic mass is 19.1. The van der Waals surface area contributed by atoms with Gasteiger partial charge >= 0.3 is 0 Å². The van der Waals surface area contributed by atoms with Gasteiger partial charge in [0.15, 0.2) is 11.5 Å². The largest absolute Gasteiger partial charge is 0.493 e. The molecule has 26 heavy (non-hydrogen) atoms. The number of para-hydroxylation sites is 1. The summed E-state index contributed by atoms with van der Waals surface area (Å²) in [6, 6.07) is 11.5. The lowest BCUT2D eigenvalue weighted by Gasteiger charge is -2.24. The van der Waals surface area contributed by atoms with Gasteiger partial charge < -0.3 is 14.4 Å². The van der Waals surface area contributed by atoms with E-state index < -0.39 is 0 Å². The van der Waals surface area contributed by atoms with Crippen molar-refractivity contribution in [3.05, 3.63) is 59.4 Å². The van der Waals surface area contributed by atoms with Gasteiger partial charge in [-0.2, -0.15) is 0 Å². The zero-order valence-electron chi connectivity index (χ0n) is 15.6. The molecule has 2 rings (SSSR count). The number of hydrogen-bond donors (Lipinski definition) is 0. The molecule has 1 amide bonds. The van der Waals surface area contributed by atoms with Gasteiger partial charge in [0.25, 0.3) is 5.91 Å². The second kappa shape index (κ2) is 9.80. The fourth-order valence-electron chi connectivity index (χ4n) is 2.84. The molecule has 0 aliphatic rings. The zero-order valence-corrected chi connectivity index (χ0v) is 15.6. The van der Waals surface area contributed by atoms with E-state index in [1.807, 2.05) is 0 Å². The van der Waals surface area contributed by atoms with Crippen molar-refractivity contribution in [3.8, 4) is 11.5 Å². The minimum Gasteiger partial charge on any atom is -0.493 e. The van der Waals surface area contributed by atoms with Gasteiger partial charge in [-0.1, -0.05) is 38.0 Å². The smallest absolute Gasteiger partial charge is 0.258 e. The second-order valence-electron chi connectivity index (χ2n) is 6.10. The van der Waals surface area contributed by atoms with Crippen LogP contribution in [0.4, 0.5) is 4.39 Å². The fraction of sp³-hybridized carbons (Fsp3) is 0.381. The topological polar surface area (TPSA) is 38.8 Å². The Kier molecular flexibility index (Phi) is 7.45. The molecular formula is C21H26FNO3. The standard InChI is InChI=1S/C21H26FNO3/c1-4-5-6-14-23(15-16-10-12-17(22)13-11-16)21(24)18-8-7-9-19(25-2)20(18)26-3/h7-13H,4-6,14-15H2,1-3H3. The molecule has 0 atom stereocenters. The van der Waals surface area contributed by atoms with Crippen LogP contribution in [0.1, 0.15) is 42.1 Å². The minimum atomic E-state index is -0.285. The summed E-state index contributed by atoms with van der Waals surface area (Å²) in [6.07, 6.45) is 3.03. The van der Waals surface area contributed by atoms with Gasteiger partial charge in [0.05, 0.1) is 19.8 Å². The Labute approximate surface area is 154 Å². The molecule has 0 aromatic heterocycles. The summed E-state index contributed by atoms with van der Waals surface area (Å²) < 4.78 is 23.9. The first-order valence-electron chi connectivity index (χ1n) is 8.85. The van der Waals surface area contributed by atoms with E-state index in [-0.39, 0.29) is 11.7 Å². The van der Waals surface area contributed by atoms with Crippen molar-refractivity contribution in [1.29, 1.82) is 0 Å². The first-order chi connectivity index (χ1) is 12.6. The minimum absolute atomic E-state index is 0.124. The van der Waals surface area contributed by atoms with E-state index in [9.17, 15) is 9.18 Å². The molecule has 0 heterocycles. The van der Waals surface area contributed by atoms with E-state index in [2.05, 4.69) is 6.92 Å². The molecule has 2 aromatic carbocycles. The maximum Gasteiger partial charge on any atom is 0.258 e. The molecule has 5 heteroatoms. The number of hydrogen-bond acceptors (Lipinski definition) is 3. The summed E-state index contributed by atoms with van der Waals surface area (Å²) in [7, 11) is 3.07. The molecule has 0 unspecified atom stereocenters. The third kappa shape index (κ3) is 4.97. The Morgan fingerprint density at radius 1 is 1.04 bits per heavy atom. The van der Waals surface area contributed by atoms with E-state index in [0.29, 0.717) is 30.2 Å². The first-order valence-corrected chi connectivity index (χ1v) is 8.85. The predicted molar refractivity (Wildman–Crippen MR) is 100 cm³/mol. The van der Waals surface area contributed by atoms with Crippen molar-refractivity contribution in [2.75, 3.05) is 20.8 Å². The zero-order chi connectivity index (χ0) is 18.9. The van der Waals surface area contributed by atoms with Crippen LogP contribution < -0.4 is 9.47 Å². The molecule has 0 bridgehead atoms. The van der Waals surface area contributed by atoms with Crippen LogP contribution in [0.25, 0.3) is 0 Å². The Morgan fingerprint density at radius 2 is 1.77 bits per heavy atom. The quantitative estimate of drug-likeness (QED) is 0.611. The van der Waals surface area contributed by atoms with Gasteiger partial charge in [-0.15, -0.1) is 0 Å². The highest BCUT2D eigenvalue weighted by Crippen LogP contribution is 2.31. The number of ether oxygens (including phenoxy) is 2. The number of rotatable bonds is 9. The highest BCUT2D eigenvalue weighted by molar-refractivity contribution is 5.97. The molecule has 0 fully saturated rings. The molecule has 0 aliphatic heterocycles. The summed E-state index contributed by atoms with van der Waals surface area (Å²) in [6.45, 7) is 3.17. The van der Waals surface area contributed by atoms with Crippen molar-refractivity contribution in [1.82, 2.24) is 4.90 Å². The van der Waals surface area contributed by atoms with E-state index in [4.69, 9.17) is 9.47 Å². The van der Waals surface area contributed by atoms with Crippen molar-refractivity contribution < 1.29 is 18.7 Å². The molecule has 2 aromatic rings. The van der Waals surface area contributed by atoms with Gasteiger partial charge in [-0.3, -0.25) is 4.79 Å². The molecule has 0 aliphatic carbocycles. The lowest BCUT2D eigenvalue weighted by Crippen LogP contribution is -2.32. The Hall–Kier alpha value is -2.56. The van der Waals surface area contributed by atoms with Crippen LogP contribution in [-0.2, 0) is 6.54 Å². The van der Waals surface area contributed by atoms with Crippen LogP contribution in [0.2, 0.25) is 0 Å². The molecular weight excluding hydrogens is 333 g/mol. The maximum absolute atomic E-state index is 13.2. The normalized spacial score (nSPS) is 10.5. The SMILES string of the molecule is CCCCCN(Cc1ccc(F)cc1)C(=O)c1cccc(OC)c1OC. The van der Waals surface area contributed by atoms with E-state index in [1.54, 1.807) is 42.3 Å². The lowest BCUT2D eigenvalue weighted by atomic mass is 10.1. The molecule has 0 N–H and O–H groups in total. The van der Waals surface area contributed by atoms with E-state index in [0.717, 1.165) is 24.8 Å². The average molecular weight is 359 g/mol. The molecule has 0 spiro atoms. The number of methoxy groups -OCH3 is 2. The summed E-state index contributed by atoms with van der Waals surface area (Å²) in [5.74, 6) is 0.543. The van der Waals surface area contributed by atoms with E-state index >= 15 is 0 Å². The van der Waals surface area contributed by atoms with Crippen LogP contribution in [0.3, 0.4) is 0 Å². The Bertz CT molecular complexity index is 716. The van der Waals surface area contributed by atoms with Crippen molar-refractivity contribution in [2.24, 2.45) is 0 Å². The van der Waals surface area contributed by atoms with Gasteiger partial charge in [-0.05, 0) is 36.2 Å². The van der Waals surface area contributed by atoms with Crippen LogP contribution in [0.15, 0.2) is 42.5 Å². The Morgan fingerprint density at radius 3 is 2.38 bits per heavy atom. The summed E-state index contributed by atoms with van der Waals surface area (Å²) in [5, 5.41) is 0. The molecule has 140 valence electrons. The molecule has 0 saturated heterocycles. The monoisotopic (exact) mass is 359 g/mol. The van der Waals surface area contributed by atoms with Gasteiger partial charge in [-0.25, -0.2) is 4.39 Å². The predicted octanol–water partition coefficient (Wildman–Crippen LogP) is 4.68. The van der Waals surface area contributed by atoms with Gasteiger partial charge in [0.2, 0.25) is 0 Å². The van der Waals surface area contributed by atoms with Crippen LogP contribution in [0.5, 0.6) is 11.5 Å². The summed E-state index contributed by atoms with van der Waals surface area (Å²) in [5.41, 5.74) is 1.35. The number of nitrogens with zero attached hydrogens (tertiary/aromatic N) is 1. The number of amides is 1. The van der Waals surface area contributed by atoms with Crippen molar-refractivity contribution in [3.63, 3.8) is 0 Å². The van der Waals surface area contributed by atoms with Crippen LogP contribution in [0, 0.1) is 5.82 Å². The first kappa shape index (κ1) is 19.8. The van der Waals surface area contributed by atoms with E-state index in [1.165, 1.54) is 19.2 Å². The van der Waals surface area contributed by atoms with Crippen LogP contribution in [-0.4, -0.2) is 31.6 Å². The van der Waals surface area contributed by atoms with Crippen LogP contribution >= 0.6 is 0 Å². The summed E-state index contributed by atoms with van der Waals surface area (Å²) >= 11 is 0. The van der Waals surface area contributed by atoms with Gasteiger partial charge in [0.1, 0.15) is 5.82 Å². The lowest BCUT2D eigenvalue weighted by molar-refractivity contribution is 0.0736. The molecule has 0 saturated carbocycles. The molecule has 4 nitrogen and oxygen atoms in total. The number of halogens is 1. The number of benzene rings is 2. The van der Waals surface area contributed by atoms with Crippen molar-refractivity contribution in [2.45, 2.75) is 32.7 Å². The van der Waals surface area contributed by atoms with Crippen molar-refractivity contribution >= 4 is 5.91 Å². The highest BCUT2D eigenvalue weighted by Gasteiger charge is 2.22. The third-order valence-electron chi connectivity index (χ3n) is 4.24. The Balaban J connectivity index is 2.28. The number of carbonyl (C=O) groups is 1. The number of carbonyl (C=O) groups excluding carboxylic acids is 1. The molecule has 0 radical (unpaired) electrons. The third-order valence-corrected chi connectivity index (χ3v) is 4.24.